The first-order chi connectivity index (χ1) is 13.0. The van der Waals surface area contributed by atoms with Gasteiger partial charge in [-0.05, 0) is 61.8 Å². The van der Waals surface area contributed by atoms with Crippen molar-refractivity contribution in [1.82, 2.24) is 5.32 Å². The molecule has 1 aliphatic rings. The van der Waals surface area contributed by atoms with Crippen LogP contribution in [0.1, 0.15) is 52.4 Å². The second-order valence-corrected chi connectivity index (χ2v) is 7.05. The third kappa shape index (κ3) is 8.67. The van der Waals surface area contributed by atoms with Crippen LogP contribution >= 0.6 is 0 Å². The number of amides is 1. The smallest absolute Gasteiger partial charge is 1.00 e. The Bertz CT molecular complexity index is 675. The molecule has 7 heteroatoms. The Morgan fingerprint density at radius 3 is 2.61 bits per heavy atom. The van der Waals surface area contributed by atoms with Gasteiger partial charge in [0, 0.05) is 18.5 Å². The van der Waals surface area contributed by atoms with Gasteiger partial charge in [0.1, 0.15) is 0 Å². The average molecular weight is 399 g/mol. The number of carbonyl (C=O) groups excluding carboxylic acids is 1. The molecule has 6 nitrogen and oxygen atoms in total. The molecule has 2 rings (SSSR count). The third-order valence-electron chi connectivity index (χ3n) is 4.77. The van der Waals surface area contributed by atoms with Crippen molar-refractivity contribution < 1.29 is 55.2 Å². The molecule has 1 fully saturated rings. The van der Waals surface area contributed by atoms with Crippen molar-refractivity contribution in [2.75, 3.05) is 13.7 Å². The monoisotopic (exact) mass is 399 g/mol. The molecule has 0 radical (unpaired) electrons. The Labute approximate surface area is 190 Å². The van der Waals surface area contributed by atoms with E-state index in [4.69, 9.17) is 14.6 Å². The number of hydrogen-bond acceptors (Lipinski definition) is 4. The fourth-order valence-electron chi connectivity index (χ4n) is 3.14. The van der Waals surface area contributed by atoms with E-state index in [0.717, 1.165) is 24.3 Å². The molecule has 0 spiro atoms. The van der Waals surface area contributed by atoms with E-state index in [-0.39, 0.29) is 49.4 Å². The fraction of sp³-hybridized carbons (Fsp3) is 0.524. The summed E-state index contributed by atoms with van der Waals surface area (Å²) in [4.78, 5) is 22.6. The molecule has 1 aromatic carbocycles. The average Bonchev–Trinajstić information content (AvgIpc) is 2.65. The molecule has 1 aromatic rings. The second kappa shape index (κ2) is 12.9. The maximum Gasteiger partial charge on any atom is 1.00 e. The first kappa shape index (κ1) is 24.5. The maximum atomic E-state index is 12.1. The van der Waals surface area contributed by atoms with Crippen LogP contribution < -0.4 is 44.3 Å². The van der Waals surface area contributed by atoms with Crippen LogP contribution in [0.4, 0.5) is 0 Å². The van der Waals surface area contributed by atoms with Gasteiger partial charge in [-0.3, -0.25) is 9.59 Å². The molecule has 150 valence electrons. The second-order valence-electron chi connectivity index (χ2n) is 7.05. The summed E-state index contributed by atoms with van der Waals surface area (Å²) >= 11 is 0. The number of carboxylic acids is 1. The number of carboxylic acid groups (broad SMARTS) is 1. The van der Waals surface area contributed by atoms with Crippen molar-refractivity contribution in [3.8, 4) is 11.5 Å². The van der Waals surface area contributed by atoms with Crippen LogP contribution in [0.15, 0.2) is 24.3 Å². The number of hydrogen-bond donors (Lipinski definition) is 2. The van der Waals surface area contributed by atoms with Gasteiger partial charge in [0.2, 0.25) is 5.91 Å². The third-order valence-corrected chi connectivity index (χ3v) is 4.77. The van der Waals surface area contributed by atoms with Crippen molar-refractivity contribution in [2.45, 2.75) is 51.5 Å². The predicted octanol–water partition coefficient (Wildman–Crippen LogP) is 0.763. The minimum atomic E-state index is -0.841. The Balaban J connectivity index is 0.00000392. The SMILES string of the molecule is COc1cc(/C=C/C(=O)NC2CCC(C)CC2)ccc1OCCCC(=O)O.[H-].[Na+]. The Morgan fingerprint density at radius 2 is 1.96 bits per heavy atom. The van der Waals surface area contributed by atoms with E-state index in [2.05, 4.69) is 12.2 Å². The zero-order valence-electron chi connectivity index (χ0n) is 18.1. The molecule has 2 N–H and O–H groups in total. The van der Waals surface area contributed by atoms with Gasteiger partial charge in [0.15, 0.2) is 11.5 Å². The molecular formula is C21H30NNaO5. The molecule has 0 unspecified atom stereocenters. The molecule has 1 amide bonds. The first-order valence-corrected chi connectivity index (χ1v) is 9.49. The van der Waals surface area contributed by atoms with Gasteiger partial charge in [-0.1, -0.05) is 13.0 Å². The molecule has 0 atom stereocenters. The number of rotatable bonds is 9. The van der Waals surface area contributed by atoms with E-state index < -0.39 is 5.97 Å². The van der Waals surface area contributed by atoms with Crippen molar-refractivity contribution in [1.29, 1.82) is 0 Å². The van der Waals surface area contributed by atoms with Gasteiger partial charge in [0.25, 0.3) is 0 Å². The van der Waals surface area contributed by atoms with Gasteiger partial charge < -0.3 is 21.3 Å². The fourth-order valence-corrected chi connectivity index (χ4v) is 3.14. The molecule has 0 aromatic heterocycles. The molecule has 0 heterocycles. The number of ether oxygens (including phenoxy) is 2. The zero-order valence-corrected chi connectivity index (χ0v) is 19.1. The summed E-state index contributed by atoms with van der Waals surface area (Å²) in [5.74, 6) is 0.940. The molecule has 1 saturated carbocycles. The molecular weight excluding hydrogens is 369 g/mol. The number of carbonyl (C=O) groups is 2. The quantitative estimate of drug-likeness (QED) is 0.364. The summed E-state index contributed by atoms with van der Waals surface area (Å²) in [5, 5.41) is 11.7. The Morgan fingerprint density at radius 1 is 1.25 bits per heavy atom. The van der Waals surface area contributed by atoms with Crippen LogP contribution in [0, 0.1) is 5.92 Å². The molecule has 0 bridgehead atoms. The van der Waals surface area contributed by atoms with Crippen LogP contribution in [-0.4, -0.2) is 36.7 Å². The van der Waals surface area contributed by atoms with E-state index in [1.165, 1.54) is 12.8 Å². The normalized spacial score (nSPS) is 18.9. The van der Waals surface area contributed by atoms with Gasteiger partial charge in [-0.15, -0.1) is 0 Å². The topological polar surface area (TPSA) is 84.9 Å². The minimum absolute atomic E-state index is 0. The van der Waals surface area contributed by atoms with Crippen molar-refractivity contribution >= 4 is 18.0 Å². The van der Waals surface area contributed by atoms with E-state index in [9.17, 15) is 9.59 Å². The number of methoxy groups -OCH3 is 1. The predicted molar refractivity (Wildman–Crippen MR) is 105 cm³/mol. The van der Waals surface area contributed by atoms with E-state index >= 15 is 0 Å². The van der Waals surface area contributed by atoms with Crippen LogP contribution in [-0.2, 0) is 9.59 Å². The summed E-state index contributed by atoms with van der Waals surface area (Å²) in [7, 11) is 1.55. The van der Waals surface area contributed by atoms with Crippen LogP contribution in [0.5, 0.6) is 11.5 Å². The number of benzene rings is 1. The molecule has 0 aliphatic heterocycles. The molecule has 1 aliphatic carbocycles. The van der Waals surface area contributed by atoms with E-state index in [0.29, 0.717) is 24.5 Å². The number of nitrogens with one attached hydrogen (secondary N) is 1. The van der Waals surface area contributed by atoms with Gasteiger partial charge in [0.05, 0.1) is 13.7 Å². The molecule has 28 heavy (non-hydrogen) atoms. The van der Waals surface area contributed by atoms with Crippen LogP contribution in [0.25, 0.3) is 6.08 Å². The van der Waals surface area contributed by atoms with E-state index in [1.54, 1.807) is 31.4 Å². The summed E-state index contributed by atoms with van der Waals surface area (Å²) in [6, 6.07) is 5.66. The van der Waals surface area contributed by atoms with Crippen molar-refractivity contribution in [3.05, 3.63) is 29.8 Å². The first-order valence-electron chi connectivity index (χ1n) is 9.49. The van der Waals surface area contributed by atoms with Crippen molar-refractivity contribution in [3.63, 3.8) is 0 Å². The minimum Gasteiger partial charge on any atom is -1.00 e. The Kier molecular flexibility index (Phi) is 11.3. The summed E-state index contributed by atoms with van der Waals surface area (Å²) in [6.45, 7) is 2.56. The van der Waals surface area contributed by atoms with Crippen molar-refractivity contribution in [2.24, 2.45) is 5.92 Å². The Hall–Kier alpha value is -1.50. The zero-order chi connectivity index (χ0) is 19.6. The van der Waals surface area contributed by atoms with E-state index in [1.807, 2.05) is 6.07 Å². The van der Waals surface area contributed by atoms with Gasteiger partial charge >= 0.3 is 35.5 Å². The standard InChI is InChI=1S/C21H29NO5.Na.H/c1-15-5-9-17(10-6-15)22-20(23)12-8-16-7-11-18(19(14-16)26-2)27-13-3-4-21(24)25;;/h7-8,11-12,14-15,17H,3-6,9-10,13H2,1-2H3,(H,22,23)(H,24,25);;/q;+1;-1/b12-8+;;. The number of aliphatic carboxylic acids is 1. The maximum absolute atomic E-state index is 12.1. The summed E-state index contributed by atoms with van der Waals surface area (Å²) < 4.78 is 10.9. The van der Waals surface area contributed by atoms with Crippen LogP contribution in [0.3, 0.4) is 0 Å². The summed E-state index contributed by atoms with van der Waals surface area (Å²) in [6.07, 6.45) is 8.21. The summed E-state index contributed by atoms with van der Waals surface area (Å²) in [5.41, 5.74) is 0.831. The molecule has 0 saturated heterocycles. The van der Waals surface area contributed by atoms with Gasteiger partial charge in [-0.25, -0.2) is 0 Å². The van der Waals surface area contributed by atoms with Crippen LogP contribution in [0.2, 0.25) is 0 Å². The largest absolute Gasteiger partial charge is 1.00 e. The van der Waals surface area contributed by atoms with Gasteiger partial charge in [-0.2, -0.15) is 0 Å².